The Morgan fingerprint density at radius 3 is 2.64 bits per heavy atom. The summed E-state index contributed by atoms with van der Waals surface area (Å²) in [5, 5.41) is 11.0. The van der Waals surface area contributed by atoms with E-state index in [2.05, 4.69) is 10.2 Å². The number of hydrogen-bond donors (Lipinski definition) is 0. The average molecular weight is 475 g/mol. The minimum absolute atomic E-state index is 0.141. The van der Waals surface area contributed by atoms with Gasteiger partial charge in [0.05, 0.1) is 32.9 Å². The smallest absolute Gasteiger partial charge is 0.290 e. The third-order valence-electron chi connectivity index (χ3n) is 5.95. The van der Waals surface area contributed by atoms with Crippen LogP contribution in [0.4, 0.5) is 19.0 Å². The summed E-state index contributed by atoms with van der Waals surface area (Å²) in [7, 11) is 1.75. The molecule has 1 aliphatic rings. The molecule has 4 aromatic rings. The van der Waals surface area contributed by atoms with Gasteiger partial charge in [-0.15, -0.1) is 11.3 Å². The first-order chi connectivity index (χ1) is 15.6. The van der Waals surface area contributed by atoms with E-state index in [1.807, 2.05) is 17.5 Å². The van der Waals surface area contributed by atoms with Gasteiger partial charge < -0.3 is 0 Å². The lowest BCUT2D eigenvalue weighted by atomic mass is 10.0. The number of hydrogen-bond acceptors (Lipinski definition) is 5. The molecule has 5 heterocycles. The molecule has 0 N–H and O–H groups in total. The predicted octanol–water partition coefficient (Wildman–Crippen LogP) is 5.05. The first-order valence-corrected chi connectivity index (χ1v) is 11.3. The van der Waals surface area contributed by atoms with Crippen LogP contribution in [0.25, 0.3) is 21.6 Å². The molecule has 0 unspecified atom stereocenters. The number of amides is 1. The Labute approximate surface area is 191 Å². The van der Waals surface area contributed by atoms with Gasteiger partial charge in [0.15, 0.2) is 11.7 Å². The Balaban J connectivity index is 1.70. The monoisotopic (exact) mass is 474 g/mol. The number of thiophene rings is 1. The highest BCUT2D eigenvalue weighted by atomic mass is 32.1. The molecule has 0 saturated heterocycles. The van der Waals surface area contributed by atoms with Crippen molar-refractivity contribution in [2.75, 3.05) is 4.90 Å². The van der Waals surface area contributed by atoms with Gasteiger partial charge in [-0.1, -0.05) is 6.07 Å². The van der Waals surface area contributed by atoms with Crippen LogP contribution in [-0.2, 0) is 7.05 Å². The van der Waals surface area contributed by atoms with E-state index in [1.54, 1.807) is 38.6 Å². The molecule has 1 amide bonds. The van der Waals surface area contributed by atoms with Crippen LogP contribution in [0.3, 0.4) is 0 Å². The Hall–Kier alpha value is -3.21. The van der Waals surface area contributed by atoms with Crippen molar-refractivity contribution in [3.63, 3.8) is 0 Å². The zero-order chi connectivity index (χ0) is 23.7. The molecule has 4 aromatic heterocycles. The SMILES string of the molecule is Cc1cc2n(n1)[C@H](C(F)(F)F)C[C@H](C)N2C(=O)c1cc(-c2cccs2)nc2c1c(C)nn2C. The van der Waals surface area contributed by atoms with Crippen LogP contribution in [0.2, 0.25) is 0 Å². The van der Waals surface area contributed by atoms with E-state index in [-0.39, 0.29) is 12.2 Å². The Kier molecular flexibility index (Phi) is 4.85. The second kappa shape index (κ2) is 7.41. The van der Waals surface area contributed by atoms with Crippen LogP contribution in [0.15, 0.2) is 29.6 Å². The maximum Gasteiger partial charge on any atom is 0.410 e. The number of pyridine rings is 1. The fourth-order valence-corrected chi connectivity index (χ4v) is 5.22. The first-order valence-electron chi connectivity index (χ1n) is 10.4. The highest BCUT2D eigenvalue weighted by molar-refractivity contribution is 7.13. The highest BCUT2D eigenvalue weighted by Crippen LogP contribution is 2.43. The molecule has 5 rings (SSSR count). The number of fused-ring (bicyclic) bond motifs is 2. The van der Waals surface area contributed by atoms with E-state index in [0.29, 0.717) is 33.7 Å². The second-order valence-electron chi connectivity index (χ2n) is 8.35. The summed E-state index contributed by atoms with van der Waals surface area (Å²) in [6, 6.07) is 4.58. The van der Waals surface area contributed by atoms with E-state index in [9.17, 15) is 18.0 Å². The lowest BCUT2D eigenvalue weighted by Gasteiger charge is -2.38. The molecule has 33 heavy (non-hydrogen) atoms. The van der Waals surface area contributed by atoms with Gasteiger partial charge in [0.25, 0.3) is 5.91 Å². The van der Waals surface area contributed by atoms with Gasteiger partial charge in [-0.2, -0.15) is 23.4 Å². The van der Waals surface area contributed by atoms with Gasteiger partial charge in [0.2, 0.25) is 0 Å². The molecular weight excluding hydrogens is 453 g/mol. The molecule has 0 spiro atoms. The van der Waals surface area contributed by atoms with Crippen molar-refractivity contribution in [1.29, 1.82) is 0 Å². The normalized spacial score (nSPS) is 18.7. The van der Waals surface area contributed by atoms with Gasteiger partial charge in [0, 0.05) is 19.2 Å². The average Bonchev–Trinajstić information content (AvgIpc) is 3.45. The number of aromatic nitrogens is 5. The molecule has 172 valence electrons. The van der Waals surface area contributed by atoms with E-state index >= 15 is 0 Å². The predicted molar refractivity (Wildman–Crippen MR) is 120 cm³/mol. The topological polar surface area (TPSA) is 68.8 Å². The third kappa shape index (κ3) is 3.41. The van der Waals surface area contributed by atoms with Gasteiger partial charge in [-0.25, -0.2) is 9.67 Å². The van der Waals surface area contributed by atoms with E-state index in [1.165, 1.54) is 22.3 Å². The van der Waals surface area contributed by atoms with Gasteiger partial charge in [-0.3, -0.25) is 14.4 Å². The van der Waals surface area contributed by atoms with E-state index in [4.69, 9.17) is 4.98 Å². The minimum atomic E-state index is -4.47. The quantitative estimate of drug-likeness (QED) is 0.408. The standard InChI is InChI=1S/C22H21F3N6OS/c1-11-8-18-30(12(2)9-17(22(23,24)25)31(18)27-11)21(32)14-10-15(16-6-5-7-33-16)26-20-19(14)13(3)28-29(20)4/h5-8,10,12,17H,9H2,1-4H3/t12-,17-/m0/s1. The Morgan fingerprint density at radius 2 is 1.97 bits per heavy atom. The molecule has 7 nitrogen and oxygen atoms in total. The molecule has 0 bridgehead atoms. The van der Waals surface area contributed by atoms with Crippen molar-refractivity contribution in [3.05, 3.63) is 46.6 Å². The number of nitrogens with zero attached hydrogens (tertiary/aromatic N) is 6. The first kappa shape index (κ1) is 21.6. The zero-order valence-corrected chi connectivity index (χ0v) is 19.2. The van der Waals surface area contributed by atoms with Gasteiger partial charge in [0.1, 0.15) is 5.82 Å². The lowest BCUT2D eigenvalue weighted by molar-refractivity contribution is -0.174. The van der Waals surface area contributed by atoms with Gasteiger partial charge >= 0.3 is 6.18 Å². The number of carbonyl (C=O) groups is 1. The van der Waals surface area contributed by atoms with Crippen LogP contribution >= 0.6 is 11.3 Å². The highest BCUT2D eigenvalue weighted by Gasteiger charge is 2.48. The summed E-state index contributed by atoms with van der Waals surface area (Å²) < 4.78 is 43.8. The van der Waals surface area contributed by atoms with Crippen LogP contribution in [0.1, 0.15) is 41.1 Å². The summed E-state index contributed by atoms with van der Waals surface area (Å²) in [4.78, 5) is 21.0. The second-order valence-corrected chi connectivity index (χ2v) is 9.29. The molecule has 1 aliphatic heterocycles. The number of carbonyl (C=O) groups excluding carboxylic acids is 1. The summed E-state index contributed by atoms with van der Waals surface area (Å²) in [5.74, 6) is -0.256. The number of halogens is 3. The Morgan fingerprint density at radius 1 is 1.21 bits per heavy atom. The fourth-order valence-electron chi connectivity index (χ4n) is 4.54. The molecule has 2 atom stereocenters. The van der Waals surface area contributed by atoms with Crippen molar-refractivity contribution < 1.29 is 18.0 Å². The molecule has 0 aliphatic carbocycles. The largest absolute Gasteiger partial charge is 0.410 e. The van der Waals surface area contributed by atoms with Crippen molar-refractivity contribution in [2.45, 2.75) is 45.5 Å². The maximum atomic E-state index is 14.0. The number of alkyl halides is 3. The van der Waals surface area contributed by atoms with Crippen LogP contribution in [0.5, 0.6) is 0 Å². The van der Waals surface area contributed by atoms with Gasteiger partial charge in [-0.05, 0) is 44.7 Å². The van der Waals surface area contributed by atoms with Crippen molar-refractivity contribution in [2.24, 2.45) is 7.05 Å². The van der Waals surface area contributed by atoms with Crippen molar-refractivity contribution in [1.82, 2.24) is 24.5 Å². The van der Waals surface area contributed by atoms with Crippen molar-refractivity contribution in [3.8, 4) is 10.6 Å². The lowest BCUT2D eigenvalue weighted by Crippen LogP contribution is -2.48. The molecule has 11 heteroatoms. The minimum Gasteiger partial charge on any atom is -0.290 e. The van der Waals surface area contributed by atoms with E-state index < -0.39 is 24.2 Å². The molecule has 0 aromatic carbocycles. The molecule has 0 saturated carbocycles. The third-order valence-corrected chi connectivity index (χ3v) is 6.85. The Bertz CT molecular complexity index is 1370. The fraction of sp³-hybridized carbons (Fsp3) is 0.364. The maximum absolute atomic E-state index is 14.0. The number of rotatable bonds is 2. The summed E-state index contributed by atoms with van der Waals surface area (Å²) in [6.07, 6.45) is -4.74. The molecule has 0 radical (unpaired) electrons. The van der Waals surface area contributed by atoms with Crippen LogP contribution in [0, 0.1) is 13.8 Å². The number of aryl methyl sites for hydroxylation is 3. The zero-order valence-electron chi connectivity index (χ0n) is 18.4. The van der Waals surface area contributed by atoms with Crippen molar-refractivity contribution >= 4 is 34.1 Å². The van der Waals surface area contributed by atoms with Crippen LogP contribution in [-0.4, -0.2) is 42.7 Å². The number of anilines is 1. The molecule has 0 fully saturated rings. The van der Waals surface area contributed by atoms with E-state index in [0.717, 1.165) is 9.56 Å². The molecular formula is C22H21F3N6OS. The summed E-state index contributed by atoms with van der Waals surface area (Å²) in [5.41, 5.74) is 2.57. The summed E-state index contributed by atoms with van der Waals surface area (Å²) >= 11 is 1.49. The summed E-state index contributed by atoms with van der Waals surface area (Å²) in [6.45, 7) is 5.05. The van der Waals surface area contributed by atoms with Crippen LogP contribution < -0.4 is 4.90 Å².